The molecule has 0 saturated heterocycles. The van der Waals surface area contributed by atoms with Gasteiger partial charge in [-0.3, -0.25) is 0 Å². The first kappa shape index (κ1) is 16.0. The van der Waals surface area contributed by atoms with Gasteiger partial charge in [0.15, 0.2) is 0 Å². The van der Waals surface area contributed by atoms with Gasteiger partial charge in [-0.25, -0.2) is 0 Å². The Kier molecular flexibility index (Phi) is 6.93. The number of rotatable bonds is 8. The van der Waals surface area contributed by atoms with Gasteiger partial charge in [-0.05, 0) is 32.3 Å². The Balaban J connectivity index is 2.47. The zero-order chi connectivity index (χ0) is 14.3. The lowest BCUT2D eigenvalue weighted by atomic mass is 10.0. The maximum atomic E-state index is 5.42. The fourth-order valence-electron chi connectivity index (χ4n) is 2.46. The van der Waals surface area contributed by atoms with Crippen molar-refractivity contribution in [2.45, 2.75) is 59.0 Å². The van der Waals surface area contributed by atoms with Crippen LogP contribution in [0.4, 0.5) is 0 Å². The molecule has 2 nitrogen and oxygen atoms in total. The van der Waals surface area contributed by atoms with Gasteiger partial charge in [0.2, 0.25) is 0 Å². The molecule has 2 unspecified atom stereocenters. The van der Waals surface area contributed by atoms with E-state index in [9.17, 15) is 0 Å². The first-order valence-corrected chi connectivity index (χ1v) is 7.43. The topological polar surface area (TPSA) is 21.3 Å². The fourth-order valence-corrected chi connectivity index (χ4v) is 2.46. The average Bonchev–Trinajstić information content (AvgIpc) is 2.38. The Morgan fingerprint density at radius 3 is 2.37 bits per heavy atom. The quantitative estimate of drug-likeness (QED) is 0.742. The Hall–Kier alpha value is -1.02. The predicted molar refractivity (Wildman–Crippen MR) is 82.7 cm³/mol. The maximum Gasteiger partial charge on any atom is 0.123 e. The van der Waals surface area contributed by atoms with Gasteiger partial charge in [-0.1, -0.05) is 44.9 Å². The van der Waals surface area contributed by atoms with Gasteiger partial charge in [0.05, 0.1) is 7.11 Å². The van der Waals surface area contributed by atoms with E-state index in [0.29, 0.717) is 12.1 Å². The molecule has 0 bridgehead atoms. The monoisotopic (exact) mass is 263 g/mol. The second kappa shape index (κ2) is 8.21. The summed E-state index contributed by atoms with van der Waals surface area (Å²) in [5.41, 5.74) is 1.24. The van der Waals surface area contributed by atoms with Crippen molar-refractivity contribution < 1.29 is 4.74 Å². The molecule has 0 aliphatic rings. The Labute approximate surface area is 118 Å². The van der Waals surface area contributed by atoms with Crippen LogP contribution in [0.5, 0.6) is 5.75 Å². The molecule has 1 aromatic carbocycles. The number of benzene rings is 1. The average molecular weight is 263 g/mol. The first-order chi connectivity index (χ1) is 9.04. The highest BCUT2D eigenvalue weighted by Crippen LogP contribution is 2.25. The Bertz CT molecular complexity index is 362. The van der Waals surface area contributed by atoms with Gasteiger partial charge in [-0.15, -0.1) is 0 Å². The van der Waals surface area contributed by atoms with E-state index >= 15 is 0 Å². The van der Waals surface area contributed by atoms with Crippen LogP contribution >= 0.6 is 0 Å². The molecule has 0 aliphatic carbocycles. The van der Waals surface area contributed by atoms with Gasteiger partial charge >= 0.3 is 0 Å². The standard InChI is InChI=1S/C17H29NO/c1-13(2)9-8-10-14(3)18-15(4)16-11-6-7-12-17(16)19-5/h6-7,11-15,18H,8-10H2,1-5H3. The second-order valence-electron chi connectivity index (χ2n) is 5.86. The predicted octanol–water partition coefficient (Wildman–Crippen LogP) is 4.56. The minimum absolute atomic E-state index is 0.324. The summed E-state index contributed by atoms with van der Waals surface area (Å²) in [7, 11) is 1.73. The molecule has 19 heavy (non-hydrogen) atoms. The summed E-state index contributed by atoms with van der Waals surface area (Å²) in [4.78, 5) is 0. The van der Waals surface area contributed by atoms with Gasteiger partial charge in [0.25, 0.3) is 0 Å². The van der Waals surface area contributed by atoms with E-state index in [1.54, 1.807) is 7.11 Å². The minimum Gasteiger partial charge on any atom is -0.496 e. The van der Waals surface area contributed by atoms with E-state index in [2.05, 4.69) is 45.1 Å². The number of ether oxygens (including phenoxy) is 1. The van der Waals surface area contributed by atoms with Crippen LogP contribution in [0.2, 0.25) is 0 Å². The highest BCUT2D eigenvalue weighted by atomic mass is 16.5. The van der Waals surface area contributed by atoms with Gasteiger partial charge in [0, 0.05) is 17.6 Å². The molecule has 0 aliphatic heterocycles. The number of hydrogen-bond acceptors (Lipinski definition) is 2. The molecule has 1 aromatic rings. The minimum atomic E-state index is 0.324. The van der Waals surface area contributed by atoms with E-state index in [0.717, 1.165) is 11.7 Å². The molecule has 1 N–H and O–H groups in total. The van der Waals surface area contributed by atoms with Crippen molar-refractivity contribution in [3.8, 4) is 5.75 Å². The smallest absolute Gasteiger partial charge is 0.123 e. The van der Waals surface area contributed by atoms with Crippen molar-refractivity contribution in [3.63, 3.8) is 0 Å². The number of para-hydroxylation sites is 1. The normalized spacial score (nSPS) is 14.4. The van der Waals surface area contributed by atoms with Crippen LogP contribution in [0.15, 0.2) is 24.3 Å². The molecule has 0 spiro atoms. The summed E-state index contributed by atoms with van der Waals surface area (Å²) in [6.07, 6.45) is 3.84. The molecule has 0 aromatic heterocycles. The third-order valence-corrected chi connectivity index (χ3v) is 3.56. The van der Waals surface area contributed by atoms with Crippen molar-refractivity contribution >= 4 is 0 Å². The van der Waals surface area contributed by atoms with E-state index < -0.39 is 0 Å². The van der Waals surface area contributed by atoms with Crippen molar-refractivity contribution in [2.24, 2.45) is 5.92 Å². The lowest BCUT2D eigenvalue weighted by Gasteiger charge is -2.22. The third kappa shape index (κ3) is 5.65. The van der Waals surface area contributed by atoms with Crippen LogP contribution in [0.3, 0.4) is 0 Å². The van der Waals surface area contributed by atoms with Crippen LogP contribution in [0, 0.1) is 5.92 Å². The number of methoxy groups -OCH3 is 1. The number of nitrogens with one attached hydrogen (secondary N) is 1. The number of hydrogen-bond donors (Lipinski definition) is 1. The van der Waals surface area contributed by atoms with Crippen molar-refractivity contribution in [1.29, 1.82) is 0 Å². The lowest BCUT2D eigenvalue weighted by Crippen LogP contribution is -2.29. The molecule has 1 rings (SSSR count). The molecule has 0 fully saturated rings. The summed E-state index contributed by atoms with van der Waals surface area (Å²) in [5.74, 6) is 1.77. The van der Waals surface area contributed by atoms with Crippen LogP contribution in [-0.4, -0.2) is 13.2 Å². The van der Waals surface area contributed by atoms with Crippen LogP contribution in [-0.2, 0) is 0 Å². The van der Waals surface area contributed by atoms with Gasteiger partial charge in [-0.2, -0.15) is 0 Å². The van der Waals surface area contributed by atoms with Crippen molar-refractivity contribution in [3.05, 3.63) is 29.8 Å². The van der Waals surface area contributed by atoms with Gasteiger partial charge in [0.1, 0.15) is 5.75 Å². The zero-order valence-corrected chi connectivity index (χ0v) is 13.1. The summed E-state index contributed by atoms with van der Waals surface area (Å²) in [6, 6.07) is 9.11. The van der Waals surface area contributed by atoms with E-state index in [4.69, 9.17) is 4.74 Å². The van der Waals surface area contributed by atoms with Crippen LogP contribution < -0.4 is 10.1 Å². The second-order valence-corrected chi connectivity index (χ2v) is 5.86. The highest BCUT2D eigenvalue weighted by Gasteiger charge is 2.13. The molecule has 0 radical (unpaired) electrons. The molecule has 0 saturated carbocycles. The zero-order valence-electron chi connectivity index (χ0n) is 13.1. The molecule has 2 heteroatoms. The highest BCUT2D eigenvalue weighted by molar-refractivity contribution is 5.35. The summed E-state index contributed by atoms with van der Waals surface area (Å²) >= 11 is 0. The molecule has 0 heterocycles. The Morgan fingerprint density at radius 2 is 1.74 bits per heavy atom. The van der Waals surface area contributed by atoms with E-state index in [-0.39, 0.29) is 0 Å². The van der Waals surface area contributed by atoms with Crippen molar-refractivity contribution in [2.75, 3.05) is 7.11 Å². The summed E-state index contributed by atoms with van der Waals surface area (Å²) in [5, 5.41) is 3.66. The lowest BCUT2D eigenvalue weighted by molar-refractivity contribution is 0.387. The van der Waals surface area contributed by atoms with Crippen LogP contribution in [0.25, 0.3) is 0 Å². The Morgan fingerprint density at radius 1 is 1.05 bits per heavy atom. The van der Waals surface area contributed by atoms with E-state index in [1.807, 2.05) is 12.1 Å². The maximum absolute atomic E-state index is 5.42. The first-order valence-electron chi connectivity index (χ1n) is 7.43. The molecular formula is C17H29NO. The molecule has 2 atom stereocenters. The largest absolute Gasteiger partial charge is 0.496 e. The third-order valence-electron chi connectivity index (χ3n) is 3.56. The molecular weight excluding hydrogens is 234 g/mol. The SMILES string of the molecule is COc1ccccc1C(C)NC(C)CCCC(C)C. The summed E-state index contributed by atoms with van der Waals surface area (Å²) < 4.78 is 5.42. The van der Waals surface area contributed by atoms with E-state index in [1.165, 1.54) is 24.8 Å². The molecule has 108 valence electrons. The van der Waals surface area contributed by atoms with Crippen LogP contribution in [0.1, 0.15) is 58.6 Å². The fraction of sp³-hybridized carbons (Fsp3) is 0.647. The summed E-state index contributed by atoms with van der Waals surface area (Å²) in [6.45, 7) is 9.05. The molecule has 0 amide bonds. The van der Waals surface area contributed by atoms with Gasteiger partial charge < -0.3 is 10.1 Å². The van der Waals surface area contributed by atoms with Crippen molar-refractivity contribution in [1.82, 2.24) is 5.32 Å².